The molecule has 2 rings (SSSR count). The number of anilines is 2. The first-order valence-electron chi connectivity index (χ1n) is 12.3. The first kappa shape index (κ1) is 30.8. The summed E-state index contributed by atoms with van der Waals surface area (Å²) in [7, 11) is -1.36. The summed E-state index contributed by atoms with van der Waals surface area (Å²) < 4.78 is 27.5. The van der Waals surface area contributed by atoms with Gasteiger partial charge in [0, 0.05) is 57.1 Å². The number of sulfonamides is 1. The number of hydrogen-bond donors (Lipinski definition) is 2. The average Bonchev–Trinajstić information content (AvgIpc) is 2.85. The summed E-state index contributed by atoms with van der Waals surface area (Å²) in [6, 6.07) is 11.4. The second-order valence-corrected chi connectivity index (χ2v) is 12.0. The largest absolute Gasteiger partial charge is 0.370 e. The second kappa shape index (κ2) is 15.1. The molecule has 0 spiro atoms. The number of carbonyl (C=O) groups excluding carboxylic acids is 1. The van der Waals surface area contributed by atoms with E-state index < -0.39 is 10.0 Å². The number of carbonyl (C=O) groups is 1. The van der Waals surface area contributed by atoms with Gasteiger partial charge in [0.15, 0.2) is 4.32 Å². The number of nitrogens with one attached hydrogen (secondary N) is 2. The summed E-state index contributed by atoms with van der Waals surface area (Å²) in [6.45, 7) is 8.71. The number of likely N-dealkylation sites (N-methyl/N-ethyl adjacent to an activating group) is 1. The molecule has 0 atom stereocenters. The lowest BCUT2D eigenvalue weighted by Gasteiger charge is -2.28. The minimum atomic E-state index is -3.24. The molecule has 2 N–H and O–H groups in total. The van der Waals surface area contributed by atoms with Gasteiger partial charge >= 0.3 is 6.03 Å². The third kappa shape index (κ3) is 10.5. The molecule has 0 saturated carbocycles. The molecule has 0 saturated heterocycles. The maximum atomic E-state index is 13.2. The van der Waals surface area contributed by atoms with Crippen LogP contribution in [0.3, 0.4) is 0 Å². The minimum absolute atomic E-state index is 0.229. The number of aromatic nitrogens is 1. The fourth-order valence-electron chi connectivity index (χ4n) is 3.49. The van der Waals surface area contributed by atoms with Gasteiger partial charge in [0.2, 0.25) is 10.0 Å². The summed E-state index contributed by atoms with van der Waals surface area (Å²) in [4.78, 5) is 21.6. The molecule has 9 nitrogen and oxygen atoms in total. The van der Waals surface area contributed by atoms with Crippen LogP contribution in [0.1, 0.15) is 37.9 Å². The molecule has 2 aromatic rings. The van der Waals surface area contributed by atoms with Gasteiger partial charge in [0.05, 0.1) is 24.2 Å². The van der Waals surface area contributed by atoms with Gasteiger partial charge < -0.3 is 15.1 Å². The van der Waals surface area contributed by atoms with Crippen molar-refractivity contribution in [2.75, 3.05) is 48.7 Å². The molecule has 0 aliphatic rings. The molecule has 0 bridgehead atoms. The maximum Gasteiger partial charge on any atom is 0.332 e. The number of aryl methyl sites for hydroxylation is 1. The van der Waals surface area contributed by atoms with Crippen LogP contribution in [-0.4, -0.2) is 68.1 Å². The van der Waals surface area contributed by atoms with Crippen LogP contribution >= 0.6 is 24.2 Å². The number of urea groups is 1. The molecule has 2 amide bonds. The third-order valence-corrected chi connectivity index (χ3v) is 7.77. The highest BCUT2D eigenvalue weighted by molar-refractivity contribution is 8.24. The number of nitrogens with zero attached hydrogens (tertiary/aromatic N) is 4. The SMILES string of the molecule is CCCCNC(=O)N(SC(=S)N(C)Cc1ccccn1)c1ccc(N(CC)CCNS(C)(=O)=O)cc1C. The van der Waals surface area contributed by atoms with E-state index in [1.807, 2.05) is 62.2 Å². The molecule has 0 unspecified atom stereocenters. The Balaban J connectivity index is 2.23. The average molecular weight is 567 g/mol. The fourth-order valence-corrected chi connectivity index (χ4v) is 5.05. The van der Waals surface area contributed by atoms with Gasteiger partial charge in [0.1, 0.15) is 0 Å². The van der Waals surface area contributed by atoms with Crippen LogP contribution in [0.4, 0.5) is 16.2 Å². The normalized spacial score (nSPS) is 11.2. The van der Waals surface area contributed by atoms with Crippen LogP contribution in [0, 0.1) is 6.92 Å². The minimum Gasteiger partial charge on any atom is -0.370 e. The van der Waals surface area contributed by atoms with Crippen LogP contribution in [0.25, 0.3) is 0 Å². The van der Waals surface area contributed by atoms with Gasteiger partial charge in [-0.15, -0.1) is 0 Å². The third-order valence-electron chi connectivity index (χ3n) is 5.49. The van der Waals surface area contributed by atoms with E-state index in [1.54, 1.807) is 10.5 Å². The van der Waals surface area contributed by atoms with E-state index >= 15 is 0 Å². The van der Waals surface area contributed by atoms with Crippen LogP contribution in [0.15, 0.2) is 42.6 Å². The number of thiocarbonyl (C=S) groups is 1. The number of unbranched alkanes of at least 4 members (excludes halogenated alkanes) is 1. The van der Waals surface area contributed by atoms with E-state index in [2.05, 4.69) is 26.8 Å². The summed E-state index contributed by atoms with van der Waals surface area (Å²) in [5.74, 6) is 0. The molecule has 204 valence electrons. The Morgan fingerprint density at radius 3 is 2.51 bits per heavy atom. The Bertz CT molecular complexity index is 1130. The lowest BCUT2D eigenvalue weighted by Crippen LogP contribution is -2.39. The molecule has 0 aliphatic heterocycles. The Hall–Kier alpha value is -2.41. The predicted octanol–water partition coefficient (Wildman–Crippen LogP) is 4.15. The van der Waals surface area contributed by atoms with Crippen LogP contribution < -0.4 is 19.2 Å². The number of amides is 2. The lowest BCUT2D eigenvalue weighted by molar-refractivity contribution is 0.249. The lowest BCUT2D eigenvalue weighted by atomic mass is 10.1. The molecule has 1 aromatic carbocycles. The number of benzene rings is 1. The molecule has 12 heteroatoms. The summed E-state index contributed by atoms with van der Waals surface area (Å²) in [6.07, 6.45) is 4.76. The quantitative estimate of drug-likeness (QED) is 0.225. The molecule has 0 fully saturated rings. The molecule has 0 aliphatic carbocycles. The Kier molecular flexibility index (Phi) is 12.6. The highest BCUT2D eigenvalue weighted by Crippen LogP contribution is 2.31. The van der Waals surface area contributed by atoms with Crippen molar-refractivity contribution in [1.82, 2.24) is 19.9 Å². The number of hydrogen-bond acceptors (Lipinski definition) is 7. The van der Waals surface area contributed by atoms with E-state index in [0.717, 1.165) is 41.7 Å². The van der Waals surface area contributed by atoms with Gasteiger partial charge in [0.25, 0.3) is 0 Å². The Morgan fingerprint density at radius 2 is 1.92 bits per heavy atom. The van der Waals surface area contributed by atoms with Crippen molar-refractivity contribution >= 4 is 55.9 Å². The van der Waals surface area contributed by atoms with Gasteiger partial charge in [-0.1, -0.05) is 31.6 Å². The van der Waals surface area contributed by atoms with Crippen molar-refractivity contribution in [3.8, 4) is 0 Å². The first-order chi connectivity index (χ1) is 17.6. The zero-order chi connectivity index (χ0) is 27.4. The summed E-state index contributed by atoms with van der Waals surface area (Å²) in [5.41, 5.74) is 3.48. The van der Waals surface area contributed by atoms with E-state index in [0.29, 0.717) is 37.0 Å². The Labute approximate surface area is 231 Å². The molecule has 37 heavy (non-hydrogen) atoms. The van der Waals surface area contributed by atoms with Gasteiger partial charge in [-0.3, -0.25) is 4.98 Å². The van der Waals surface area contributed by atoms with Gasteiger partial charge in [-0.2, -0.15) is 0 Å². The highest BCUT2D eigenvalue weighted by atomic mass is 32.2. The molecular formula is C25H38N6O3S3. The molecule has 1 aromatic heterocycles. The summed E-state index contributed by atoms with van der Waals surface area (Å²) in [5, 5.41) is 2.99. The predicted molar refractivity (Wildman–Crippen MR) is 159 cm³/mol. The van der Waals surface area contributed by atoms with Crippen molar-refractivity contribution in [2.24, 2.45) is 0 Å². The van der Waals surface area contributed by atoms with Crippen molar-refractivity contribution in [1.29, 1.82) is 0 Å². The zero-order valence-corrected chi connectivity index (χ0v) is 24.7. The van der Waals surface area contributed by atoms with Crippen molar-refractivity contribution < 1.29 is 13.2 Å². The maximum absolute atomic E-state index is 13.2. The van der Waals surface area contributed by atoms with Crippen molar-refractivity contribution in [3.05, 3.63) is 53.9 Å². The smallest absolute Gasteiger partial charge is 0.332 e. The second-order valence-electron chi connectivity index (χ2n) is 8.63. The highest BCUT2D eigenvalue weighted by Gasteiger charge is 2.23. The monoisotopic (exact) mass is 566 g/mol. The van der Waals surface area contributed by atoms with Crippen molar-refractivity contribution in [2.45, 2.75) is 40.2 Å². The molecular weight excluding hydrogens is 529 g/mol. The first-order valence-corrected chi connectivity index (χ1v) is 15.3. The molecule has 0 radical (unpaired) electrons. The standard InChI is InChI=1S/C25H38N6O3S3/c1-6-8-14-27-24(32)31(36-25(35)29(4)19-21-11-9-10-15-26-21)23-13-12-22(18-20(23)3)30(7-2)17-16-28-37(5,33)34/h9-13,15,18,28H,6-8,14,16-17,19H2,1-5H3,(H,27,32). The van der Waals surface area contributed by atoms with E-state index in [-0.39, 0.29) is 6.03 Å². The summed E-state index contributed by atoms with van der Waals surface area (Å²) >= 11 is 6.89. The molecule has 1 heterocycles. The van der Waals surface area contributed by atoms with E-state index in [1.165, 1.54) is 11.9 Å². The fraction of sp³-hybridized carbons (Fsp3) is 0.480. The van der Waals surface area contributed by atoms with Crippen LogP contribution in [-0.2, 0) is 16.6 Å². The number of rotatable bonds is 12. The van der Waals surface area contributed by atoms with E-state index in [4.69, 9.17) is 12.2 Å². The van der Waals surface area contributed by atoms with Gasteiger partial charge in [-0.05, 0) is 56.2 Å². The van der Waals surface area contributed by atoms with Crippen molar-refractivity contribution in [3.63, 3.8) is 0 Å². The Morgan fingerprint density at radius 1 is 1.16 bits per heavy atom. The van der Waals surface area contributed by atoms with Crippen LogP contribution in [0.2, 0.25) is 0 Å². The van der Waals surface area contributed by atoms with E-state index in [9.17, 15) is 13.2 Å². The number of pyridine rings is 1. The van der Waals surface area contributed by atoms with Crippen LogP contribution in [0.5, 0.6) is 0 Å². The zero-order valence-electron chi connectivity index (χ0n) is 22.2. The van der Waals surface area contributed by atoms with Gasteiger partial charge in [-0.25, -0.2) is 22.2 Å². The topological polar surface area (TPSA) is 97.9 Å².